The number of methoxy groups -OCH3 is 1. The Morgan fingerprint density at radius 1 is 1.40 bits per heavy atom. The number of nitrogens with one attached hydrogen (secondary N) is 2. The molecule has 1 saturated heterocycles. The standard InChI is InChI=1S/C15H19N7O3/c1-21(2)15-19-12-10(6-9-7-11(23)18-13(9)24)8-17-22(12)14(20-15)16-4-5-25-3/h6,8H,4-5,7H2,1-3H3,(H,16,19,20)(H,18,23,24). The zero-order chi connectivity index (χ0) is 18.0. The van der Waals surface area contributed by atoms with Crippen LogP contribution in [0.15, 0.2) is 11.8 Å². The summed E-state index contributed by atoms with van der Waals surface area (Å²) in [6.07, 6.45) is 3.28. The summed E-state index contributed by atoms with van der Waals surface area (Å²) in [6.45, 7) is 1.08. The van der Waals surface area contributed by atoms with Crippen LogP contribution < -0.4 is 15.5 Å². The Hall–Kier alpha value is -3.01. The van der Waals surface area contributed by atoms with Gasteiger partial charge in [-0.2, -0.15) is 19.6 Å². The number of imide groups is 1. The second kappa shape index (κ2) is 6.85. The maximum atomic E-state index is 11.8. The van der Waals surface area contributed by atoms with Crippen molar-refractivity contribution in [3.05, 3.63) is 17.3 Å². The summed E-state index contributed by atoms with van der Waals surface area (Å²) >= 11 is 0. The molecular formula is C15H19N7O3. The molecule has 1 aliphatic heterocycles. The number of nitrogens with zero attached hydrogens (tertiary/aromatic N) is 5. The van der Waals surface area contributed by atoms with E-state index in [-0.39, 0.29) is 18.2 Å². The number of rotatable bonds is 6. The van der Waals surface area contributed by atoms with Gasteiger partial charge in [-0.3, -0.25) is 14.9 Å². The maximum absolute atomic E-state index is 11.8. The average molecular weight is 345 g/mol. The number of aromatic nitrogens is 4. The molecule has 0 spiro atoms. The van der Waals surface area contributed by atoms with Crippen molar-refractivity contribution in [2.45, 2.75) is 6.42 Å². The highest BCUT2D eigenvalue weighted by atomic mass is 16.5. The summed E-state index contributed by atoms with van der Waals surface area (Å²) in [4.78, 5) is 33.8. The van der Waals surface area contributed by atoms with Crippen molar-refractivity contribution >= 4 is 35.4 Å². The van der Waals surface area contributed by atoms with Crippen LogP contribution in [0.3, 0.4) is 0 Å². The van der Waals surface area contributed by atoms with Crippen molar-refractivity contribution in [3.63, 3.8) is 0 Å². The first-order valence-corrected chi connectivity index (χ1v) is 7.70. The Labute approximate surface area is 143 Å². The van der Waals surface area contributed by atoms with E-state index >= 15 is 0 Å². The van der Waals surface area contributed by atoms with E-state index in [0.29, 0.717) is 41.8 Å². The average Bonchev–Trinajstić information content (AvgIpc) is 3.11. The minimum absolute atomic E-state index is 0.0563. The smallest absolute Gasteiger partial charge is 0.254 e. The predicted molar refractivity (Wildman–Crippen MR) is 91.2 cm³/mol. The van der Waals surface area contributed by atoms with Crippen molar-refractivity contribution in [2.75, 3.05) is 44.6 Å². The summed E-state index contributed by atoms with van der Waals surface area (Å²) < 4.78 is 6.60. The van der Waals surface area contributed by atoms with Crippen LogP contribution in [0.4, 0.5) is 11.9 Å². The first kappa shape index (κ1) is 16.8. The zero-order valence-corrected chi connectivity index (χ0v) is 14.2. The Kier molecular flexibility index (Phi) is 4.61. The molecule has 132 valence electrons. The highest BCUT2D eigenvalue weighted by molar-refractivity contribution is 6.15. The van der Waals surface area contributed by atoms with Crippen LogP contribution in [0.5, 0.6) is 0 Å². The van der Waals surface area contributed by atoms with Crippen LogP contribution in [0.25, 0.3) is 11.7 Å². The predicted octanol–water partition coefficient (Wildman–Crippen LogP) is -0.321. The van der Waals surface area contributed by atoms with Crippen LogP contribution in [0.1, 0.15) is 12.0 Å². The zero-order valence-electron chi connectivity index (χ0n) is 14.2. The van der Waals surface area contributed by atoms with Crippen LogP contribution in [0, 0.1) is 0 Å². The maximum Gasteiger partial charge on any atom is 0.254 e. The van der Waals surface area contributed by atoms with Crippen LogP contribution >= 0.6 is 0 Å². The summed E-state index contributed by atoms with van der Waals surface area (Å²) in [7, 11) is 5.29. The number of amides is 2. The molecule has 2 N–H and O–H groups in total. The van der Waals surface area contributed by atoms with Gasteiger partial charge in [0.2, 0.25) is 17.8 Å². The Morgan fingerprint density at radius 3 is 2.84 bits per heavy atom. The number of hydrogen-bond donors (Lipinski definition) is 2. The molecule has 0 bridgehead atoms. The molecule has 10 heteroatoms. The fourth-order valence-corrected chi connectivity index (χ4v) is 2.37. The van der Waals surface area contributed by atoms with Gasteiger partial charge in [-0.05, 0) is 6.08 Å². The van der Waals surface area contributed by atoms with E-state index < -0.39 is 0 Å². The van der Waals surface area contributed by atoms with Crippen LogP contribution in [-0.2, 0) is 14.3 Å². The Morgan fingerprint density at radius 2 is 2.20 bits per heavy atom. The topological polar surface area (TPSA) is 114 Å². The second-order valence-corrected chi connectivity index (χ2v) is 5.72. The molecule has 3 heterocycles. The summed E-state index contributed by atoms with van der Waals surface area (Å²) in [5.41, 5.74) is 1.57. The quantitative estimate of drug-likeness (QED) is 0.416. The van der Waals surface area contributed by atoms with Crippen molar-refractivity contribution < 1.29 is 14.3 Å². The summed E-state index contributed by atoms with van der Waals surface area (Å²) in [5, 5.41) is 9.70. The number of hydrogen-bond acceptors (Lipinski definition) is 8. The molecule has 3 rings (SSSR count). The molecule has 2 aromatic rings. The lowest BCUT2D eigenvalue weighted by atomic mass is 10.1. The molecule has 0 aliphatic carbocycles. The van der Waals surface area contributed by atoms with Crippen LogP contribution in [-0.4, -0.2) is 65.8 Å². The lowest BCUT2D eigenvalue weighted by Crippen LogP contribution is -2.19. The molecule has 10 nitrogen and oxygen atoms in total. The van der Waals surface area contributed by atoms with Gasteiger partial charge in [0, 0.05) is 38.9 Å². The number of carbonyl (C=O) groups excluding carboxylic acids is 2. The highest BCUT2D eigenvalue weighted by Crippen LogP contribution is 2.21. The van der Waals surface area contributed by atoms with Gasteiger partial charge in [-0.15, -0.1) is 0 Å². The first-order valence-electron chi connectivity index (χ1n) is 7.70. The lowest BCUT2D eigenvalue weighted by Gasteiger charge is -2.13. The van der Waals surface area contributed by atoms with Gasteiger partial charge in [0.15, 0.2) is 5.65 Å². The van der Waals surface area contributed by atoms with Gasteiger partial charge in [0.05, 0.1) is 19.2 Å². The highest BCUT2D eigenvalue weighted by Gasteiger charge is 2.24. The van der Waals surface area contributed by atoms with E-state index in [4.69, 9.17) is 4.74 Å². The molecule has 1 aliphatic rings. The van der Waals surface area contributed by atoms with Crippen molar-refractivity contribution in [1.82, 2.24) is 24.9 Å². The molecule has 0 atom stereocenters. The number of anilines is 2. The van der Waals surface area contributed by atoms with Gasteiger partial charge in [0.25, 0.3) is 5.91 Å². The fraction of sp³-hybridized carbons (Fsp3) is 0.400. The summed E-state index contributed by atoms with van der Waals surface area (Å²) in [5.74, 6) is 0.324. The van der Waals surface area contributed by atoms with Crippen molar-refractivity contribution in [2.24, 2.45) is 0 Å². The third-order valence-corrected chi connectivity index (χ3v) is 3.60. The largest absolute Gasteiger partial charge is 0.383 e. The van der Waals surface area contributed by atoms with Gasteiger partial charge in [-0.1, -0.05) is 0 Å². The van der Waals surface area contributed by atoms with Gasteiger partial charge < -0.3 is 15.0 Å². The van der Waals surface area contributed by atoms with E-state index in [9.17, 15) is 9.59 Å². The molecule has 2 amide bonds. The Balaban J connectivity index is 2.04. The molecule has 1 fully saturated rings. The molecule has 0 aromatic carbocycles. The number of ether oxygens (including phenoxy) is 1. The van der Waals surface area contributed by atoms with Gasteiger partial charge in [-0.25, -0.2) is 0 Å². The number of fused-ring (bicyclic) bond motifs is 1. The van der Waals surface area contributed by atoms with Gasteiger partial charge >= 0.3 is 0 Å². The third-order valence-electron chi connectivity index (χ3n) is 3.60. The monoisotopic (exact) mass is 345 g/mol. The molecule has 2 aromatic heterocycles. The van der Waals surface area contributed by atoms with E-state index in [2.05, 4.69) is 25.7 Å². The molecular weight excluding hydrogens is 326 g/mol. The lowest BCUT2D eigenvalue weighted by molar-refractivity contribution is -0.124. The minimum Gasteiger partial charge on any atom is -0.383 e. The molecule has 0 unspecified atom stereocenters. The van der Waals surface area contributed by atoms with E-state index in [1.807, 2.05) is 14.1 Å². The third kappa shape index (κ3) is 3.43. The number of carbonyl (C=O) groups is 2. The molecule has 25 heavy (non-hydrogen) atoms. The molecule has 0 saturated carbocycles. The van der Waals surface area contributed by atoms with E-state index in [1.54, 1.807) is 28.8 Å². The Bertz CT molecular complexity index is 856. The normalized spacial score (nSPS) is 15.9. The van der Waals surface area contributed by atoms with Gasteiger partial charge in [0.1, 0.15) is 0 Å². The fourth-order valence-electron chi connectivity index (χ4n) is 2.37. The first-order chi connectivity index (χ1) is 12.0. The molecule has 0 radical (unpaired) electrons. The SMILES string of the molecule is COCCNc1nc(N(C)C)nc2c(C=C3CC(=O)NC3=O)cnn12. The second-order valence-electron chi connectivity index (χ2n) is 5.72. The van der Waals surface area contributed by atoms with Crippen molar-refractivity contribution in [1.29, 1.82) is 0 Å². The summed E-state index contributed by atoms with van der Waals surface area (Å²) in [6, 6.07) is 0. The van der Waals surface area contributed by atoms with Crippen LogP contribution in [0.2, 0.25) is 0 Å². The van der Waals surface area contributed by atoms with Crippen molar-refractivity contribution in [3.8, 4) is 0 Å². The minimum atomic E-state index is -0.385. The van der Waals surface area contributed by atoms with E-state index in [0.717, 1.165) is 0 Å². The van der Waals surface area contributed by atoms with E-state index in [1.165, 1.54) is 0 Å².